The molecule has 0 amide bonds. The van der Waals surface area contributed by atoms with Gasteiger partial charge in [-0.15, -0.1) is 0 Å². The molecule has 0 bridgehead atoms. The Kier molecular flexibility index (Phi) is 19.2. The minimum atomic E-state index is -1.74. The first-order chi connectivity index (χ1) is 15.5. The van der Waals surface area contributed by atoms with E-state index in [1.54, 1.807) is 13.0 Å². The Balaban J connectivity index is 0. The summed E-state index contributed by atoms with van der Waals surface area (Å²) in [6, 6.07) is 0. The predicted molar refractivity (Wildman–Crippen MR) is 117 cm³/mol. The van der Waals surface area contributed by atoms with Crippen LogP contribution in [0.5, 0.6) is 0 Å². The molecule has 0 aliphatic carbocycles. The molecule has 15 nitrogen and oxygen atoms in total. The summed E-state index contributed by atoms with van der Waals surface area (Å²) in [7, 11) is 0.648. The molecule has 0 aromatic rings. The lowest BCUT2D eigenvalue weighted by Gasteiger charge is -2.45. The van der Waals surface area contributed by atoms with Gasteiger partial charge in [0, 0.05) is 0 Å². The summed E-state index contributed by atoms with van der Waals surface area (Å²) in [5.74, 6) is 1.28. The largest absolute Gasteiger partial charge is 0.480 e. The third kappa shape index (κ3) is 10.9. The van der Waals surface area contributed by atoms with Crippen LogP contribution in [0, 0.1) is 0 Å². The van der Waals surface area contributed by atoms with E-state index in [0.29, 0.717) is 0 Å². The molecule has 0 radical (unpaired) electrons. The van der Waals surface area contributed by atoms with Gasteiger partial charge in [0.2, 0.25) is 0 Å². The standard InChI is InChI=1S/C12H22O11.C3H7BO2.C3H9N.H2O/c13-1-3-5(15)6(16)9(19)12(22-3)23-10-4(2-14)21-11(20)8(18)7(10)17;1-2-3-4(5)6;1-3-4-2;/h3-20H,1-2H2;2-3,5-6H,1H3;4H,3H2,1-2H3;1H2/b;3-2+;;/t3-,4-,5-,6+,7-,8-,9-,10-,11?,12-;;;/m1.../s1. The van der Waals surface area contributed by atoms with Gasteiger partial charge in [0.25, 0.3) is 0 Å². The van der Waals surface area contributed by atoms with Crippen LogP contribution in [0.2, 0.25) is 0 Å². The number of aliphatic hydroxyl groups excluding tert-OH is 8. The van der Waals surface area contributed by atoms with Crippen molar-refractivity contribution in [3.63, 3.8) is 0 Å². The van der Waals surface area contributed by atoms with Crippen LogP contribution in [0.3, 0.4) is 0 Å². The lowest BCUT2D eigenvalue weighted by molar-refractivity contribution is -0.355. The van der Waals surface area contributed by atoms with Gasteiger partial charge in [0.05, 0.1) is 13.2 Å². The van der Waals surface area contributed by atoms with Crippen molar-refractivity contribution in [2.45, 2.75) is 75.3 Å². The van der Waals surface area contributed by atoms with Crippen molar-refractivity contribution in [3.05, 3.63) is 12.1 Å². The Morgan fingerprint density at radius 1 is 0.853 bits per heavy atom. The molecule has 0 aromatic carbocycles. The van der Waals surface area contributed by atoms with Crippen molar-refractivity contribution < 1.29 is 70.6 Å². The van der Waals surface area contributed by atoms with Crippen LogP contribution in [0.15, 0.2) is 12.1 Å². The molecule has 0 saturated carbocycles. The lowest BCUT2D eigenvalue weighted by Crippen LogP contribution is -2.64. The molecule has 2 rings (SSSR count). The maximum absolute atomic E-state index is 9.94. The molecule has 34 heavy (non-hydrogen) atoms. The van der Waals surface area contributed by atoms with Crippen molar-refractivity contribution in [2.24, 2.45) is 0 Å². The van der Waals surface area contributed by atoms with E-state index in [1.165, 1.54) is 5.98 Å². The zero-order valence-electron chi connectivity index (χ0n) is 19.3. The van der Waals surface area contributed by atoms with Gasteiger partial charge in [0.1, 0.15) is 48.8 Å². The van der Waals surface area contributed by atoms with Crippen molar-refractivity contribution >= 4 is 7.12 Å². The topological polar surface area (TPSA) is 274 Å². The number of aliphatic hydroxyl groups is 8. The summed E-state index contributed by atoms with van der Waals surface area (Å²) < 4.78 is 15.3. The normalized spacial score (nSPS) is 37.6. The van der Waals surface area contributed by atoms with E-state index in [0.717, 1.165) is 6.54 Å². The van der Waals surface area contributed by atoms with Crippen LogP contribution in [0.4, 0.5) is 0 Å². The molecule has 1 unspecified atom stereocenters. The highest BCUT2D eigenvalue weighted by atomic mass is 16.7. The maximum Gasteiger partial charge on any atom is 0.480 e. The van der Waals surface area contributed by atoms with E-state index >= 15 is 0 Å². The first kappa shape index (κ1) is 35.4. The van der Waals surface area contributed by atoms with E-state index < -0.39 is 81.7 Å². The molecule has 2 aliphatic rings. The molecule has 2 aliphatic heterocycles. The average Bonchev–Trinajstić information content (AvgIpc) is 2.79. The van der Waals surface area contributed by atoms with E-state index in [4.69, 9.17) is 29.4 Å². The molecule has 2 fully saturated rings. The van der Waals surface area contributed by atoms with E-state index in [-0.39, 0.29) is 5.48 Å². The third-order valence-corrected chi connectivity index (χ3v) is 4.70. The van der Waals surface area contributed by atoms with E-state index in [9.17, 15) is 35.7 Å². The Morgan fingerprint density at radius 3 is 1.76 bits per heavy atom. The van der Waals surface area contributed by atoms with E-state index in [2.05, 4.69) is 12.2 Å². The number of hydrogen-bond acceptors (Lipinski definition) is 14. The van der Waals surface area contributed by atoms with Crippen molar-refractivity contribution in [1.82, 2.24) is 5.32 Å². The molecular weight excluding hydrogens is 465 g/mol. The zero-order chi connectivity index (χ0) is 25.7. The number of hydrogen-bond donors (Lipinski definition) is 11. The van der Waals surface area contributed by atoms with Gasteiger partial charge in [0.15, 0.2) is 12.6 Å². The minimum Gasteiger partial charge on any atom is -0.424 e. The highest BCUT2D eigenvalue weighted by molar-refractivity contribution is 6.47. The Labute approximate surface area is 197 Å². The quantitative estimate of drug-likeness (QED) is 0.150. The molecule has 16 heteroatoms. The van der Waals surface area contributed by atoms with Crippen LogP contribution in [-0.2, 0) is 14.2 Å². The lowest BCUT2D eigenvalue weighted by atomic mass is 9.92. The molecule has 0 spiro atoms. The predicted octanol–water partition coefficient (Wildman–Crippen LogP) is -6.42. The summed E-state index contributed by atoms with van der Waals surface area (Å²) in [6.45, 7) is 3.52. The van der Waals surface area contributed by atoms with Gasteiger partial charge < -0.3 is 75.9 Å². The second kappa shape index (κ2) is 18.5. The van der Waals surface area contributed by atoms with Crippen LogP contribution in [0.25, 0.3) is 0 Å². The first-order valence-corrected chi connectivity index (χ1v) is 10.4. The minimum absolute atomic E-state index is 0. The highest BCUT2D eigenvalue weighted by Gasteiger charge is 2.50. The molecular formula is C18H40BNO14. The number of nitrogens with one attached hydrogen (secondary N) is 1. The Bertz CT molecular complexity index is 527. The second-order valence-electron chi connectivity index (χ2n) is 7.17. The summed E-state index contributed by atoms with van der Waals surface area (Å²) in [4.78, 5) is 0. The number of allylic oxidation sites excluding steroid dienone is 1. The van der Waals surface area contributed by atoms with Gasteiger partial charge in [-0.25, -0.2) is 0 Å². The Morgan fingerprint density at radius 2 is 1.38 bits per heavy atom. The van der Waals surface area contributed by atoms with Crippen LogP contribution in [-0.4, -0.2) is 152 Å². The second-order valence-corrected chi connectivity index (χ2v) is 7.17. The van der Waals surface area contributed by atoms with E-state index in [1.807, 2.05) is 7.05 Å². The summed E-state index contributed by atoms with van der Waals surface area (Å²) in [5, 5.41) is 95.5. The van der Waals surface area contributed by atoms with Gasteiger partial charge >= 0.3 is 7.12 Å². The SMILES string of the molecule is C/C=C/B(O)O.CCNC.O.OC[C@H]1O[C@H](O[C@H]2[C@H](O)[C@@H](O)C(O)O[C@@H]2CO)[C@H](O)[C@@H](O)[C@@H]1O. The van der Waals surface area contributed by atoms with Crippen molar-refractivity contribution in [1.29, 1.82) is 0 Å². The number of ether oxygens (including phenoxy) is 3. The molecule has 2 heterocycles. The number of rotatable bonds is 6. The molecule has 204 valence electrons. The maximum atomic E-state index is 9.94. The third-order valence-electron chi connectivity index (χ3n) is 4.70. The fraction of sp³-hybridized carbons (Fsp3) is 0.889. The fourth-order valence-electron chi connectivity index (χ4n) is 2.74. The van der Waals surface area contributed by atoms with Gasteiger partial charge in [-0.1, -0.05) is 19.0 Å². The van der Waals surface area contributed by atoms with Gasteiger partial charge in [-0.05, 0) is 20.5 Å². The zero-order valence-corrected chi connectivity index (χ0v) is 19.3. The smallest absolute Gasteiger partial charge is 0.424 e. The molecule has 13 N–H and O–H groups in total. The average molecular weight is 505 g/mol. The van der Waals surface area contributed by atoms with Crippen molar-refractivity contribution in [3.8, 4) is 0 Å². The Hall–Kier alpha value is -0.795. The van der Waals surface area contributed by atoms with Crippen LogP contribution >= 0.6 is 0 Å². The summed E-state index contributed by atoms with van der Waals surface area (Å²) in [6.07, 6.45) is -14.0. The monoisotopic (exact) mass is 505 g/mol. The van der Waals surface area contributed by atoms with Crippen molar-refractivity contribution in [2.75, 3.05) is 26.8 Å². The summed E-state index contributed by atoms with van der Waals surface area (Å²) >= 11 is 0. The summed E-state index contributed by atoms with van der Waals surface area (Å²) in [5.41, 5.74) is 0. The molecule has 2 saturated heterocycles. The first-order valence-electron chi connectivity index (χ1n) is 10.4. The molecule has 0 aromatic heterocycles. The van der Waals surface area contributed by atoms with Crippen LogP contribution < -0.4 is 5.32 Å². The molecule has 10 atom stereocenters. The van der Waals surface area contributed by atoms with Gasteiger partial charge in [-0.3, -0.25) is 0 Å². The highest BCUT2D eigenvalue weighted by Crippen LogP contribution is 2.28. The fourth-order valence-corrected chi connectivity index (χ4v) is 2.74. The van der Waals surface area contributed by atoms with Crippen LogP contribution in [0.1, 0.15) is 13.8 Å². The van der Waals surface area contributed by atoms with Gasteiger partial charge in [-0.2, -0.15) is 0 Å².